The molecule has 0 aromatic heterocycles. The first-order valence-corrected chi connectivity index (χ1v) is 7.10. The number of benzene rings is 1. The third kappa shape index (κ3) is 2.85. The summed E-state index contributed by atoms with van der Waals surface area (Å²) in [5, 5.41) is 0. The van der Waals surface area contributed by atoms with Crippen molar-refractivity contribution in [3.8, 4) is 0 Å². The third-order valence-corrected chi connectivity index (χ3v) is 4.15. The molecule has 0 bridgehead atoms. The molecule has 0 radical (unpaired) electrons. The fraction of sp³-hybridized carbons (Fsp3) is 0.417. The van der Waals surface area contributed by atoms with Crippen LogP contribution in [0.3, 0.4) is 0 Å². The Morgan fingerprint density at radius 1 is 1.24 bits per heavy atom. The van der Waals surface area contributed by atoms with Gasteiger partial charge >= 0.3 is 6.03 Å². The van der Waals surface area contributed by atoms with Crippen molar-refractivity contribution in [1.82, 2.24) is 4.90 Å². The molecular weight excluding hydrogens is 236 g/mol. The molecule has 1 aliphatic rings. The lowest BCUT2D eigenvalue weighted by atomic mass is 10.3. The number of para-hydroxylation sites is 1. The average Bonchev–Trinajstić information content (AvgIpc) is 2.39. The van der Waals surface area contributed by atoms with Gasteiger partial charge in [0.05, 0.1) is 0 Å². The quantitative estimate of drug-likeness (QED) is 0.756. The highest BCUT2D eigenvalue weighted by molar-refractivity contribution is 7.85. The third-order valence-electron chi connectivity index (χ3n) is 2.88. The summed E-state index contributed by atoms with van der Waals surface area (Å²) in [7, 11) is 1.02. The highest BCUT2D eigenvalue weighted by Gasteiger charge is 2.23. The largest absolute Gasteiger partial charge is 0.324 e. The topological polar surface area (TPSA) is 40.6 Å². The summed E-state index contributed by atoms with van der Waals surface area (Å²) < 4.78 is 11.2. The van der Waals surface area contributed by atoms with Crippen molar-refractivity contribution in [2.45, 2.75) is 0 Å². The second-order valence-electron chi connectivity index (χ2n) is 4.01. The molecule has 2 amide bonds. The van der Waals surface area contributed by atoms with Gasteiger partial charge in [-0.2, -0.15) is 0 Å². The Balaban J connectivity index is 2.03. The average molecular weight is 252 g/mol. The molecule has 0 unspecified atom stereocenters. The van der Waals surface area contributed by atoms with Gasteiger partial charge in [0.25, 0.3) is 0 Å². The smallest absolute Gasteiger partial charge is 0.323 e. The maximum Gasteiger partial charge on any atom is 0.324 e. The number of carbonyl (C=O) groups is 1. The molecule has 1 aromatic carbocycles. The molecule has 0 saturated carbocycles. The van der Waals surface area contributed by atoms with Crippen LogP contribution in [0.2, 0.25) is 0 Å². The van der Waals surface area contributed by atoms with Crippen LogP contribution in [0.4, 0.5) is 10.5 Å². The highest BCUT2D eigenvalue weighted by atomic mass is 32.2. The van der Waals surface area contributed by atoms with Gasteiger partial charge in [-0.3, -0.25) is 9.11 Å². The van der Waals surface area contributed by atoms with E-state index in [0.29, 0.717) is 24.6 Å². The molecule has 5 heteroatoms. The Bertz CT molecular complexity index is 412. The SMILES string of the molecule is CN(C(=O)N1CCS(=O)CC1)c1ccccc1. The molecule has 2 rings (SSSR count). The summed E-state index contributed by atoms with van der Waals surface area (Å²) in [6, 6.07) is 9.52. The number of nitrogens with zero attached hydrogens (tertiary/aromatic N) is 2. The number of hydrogen-bond acceptors (Lipinski definition) is 2. The molecular formula is C12H16N2O2S. The molecule has 0 N–H and O–H groups in total. The van der Waals surface area contributed by atoms with Crippen molar-refractivity contribution in [3.05, 3.63) is 30.3 Å². The minimum absolute atomic E-state index is 0.0205. The van der Waals surface area contributed by atoms with Crippen molar-refractivity contribution >= 4 is 22.5 Å². The molecule has 1 saturated heterocycles. The molecule has 1 heterocycles. The Kier molecular flexibility index (Phi) is 3.78. The van der Waals surface area contributed by atoms with Gasteiger partial charge in [-0.15, -0.1) is 0 Å². The van der Waals surface area contributed by atoms with Crippen LogP contribution < -0.4 is 4.90 Å². The van der Waals surface area contributed by atoms with E-state index in [4.69, 9.17) is 0 Å². The second kappa shape index (κ2) is 5.31. The molecule has 1 aliphatic heterocycles. The van der Waals surface area contributed by atoms with Gasteiger partial charge in [0.1, 0.15) is 0 Å². The fourth-order valence-electron chi connectivity index (χ4n) is 1.80. The fourth-order valence-corrected chi connectivity index (χ4v) is 2.86. The van der Waals surface area contributed by atoms with Crippen LogP contribution in [0.5, 0.6) is 0 Å². The number of urea groups is 1. The maximum atomic E-state index is 12.2. The van der Waals surface area contributed by atoms with Crippen molar-refractivity contribution in [3.63, 3.8) is 0 Å². The lowest BCUT2D eigenvalue weighted by molar-refractivity contribution is 0.211. The Hall–Kier alpha value is -1.36. The molecule has 17 heavy (non-hydrogen) atoms. The molecule has 1 aromatic rings. The van der Waals surface area contributed by atoms with E-state index in [0.717, 1.165) is 5.69 Å². The van der Waals surface area contributed by atoms with Crippen LogP contribution >= 0.6 is 0 Å². The normalized spacial score (nSPS) is 16.9. The molecule has 92 valence electrons. The zero-order valence-corrected chi connectivity index (χ0v) is 10.7. The van der Waals surface area contributed by atoms with Gasteiger partial charge in [0.15, 0.2) is 0 Å². The van der Waals surface area contributed by atoms with Crippen molar-refractivity contribution < 1.29 is 9.00 Å². The van der Waals surface area contributed by atoms with Gasteiger partial charge in [0, 0.05) is 48.1 Å². The summed E-state index contributed by atoms with van der Waals surface area (Å²) in [6.07, 6.45) is 0. The van der Waals surface area contributed by atoms with Crippen LogP contribution in [0.25, 0.3) is 0 Å². The zero-order chi connectivity index (χ0) is 12.3. The van der Waals surface area contributed by atoms with E-state index in [1.54, 1.807) is 16.8 Å². The number of rotatable bonds is 1. The van der Waals surface area contributed by atoms with Gasteiger partial charge in [0.2, 0.25) is 0 Å². The molecule has 0 aliphatic carbocycles. The zero-order valence-electron chi connectivity index (χ0n) is 9.83. The van der Waals surface area contributed by atoms with Crippen LogP contribution in [0.15, 0.2) is 30.3 Å². The predicted octanol–water partition coefficient (Wildman–Crippen LogP) is 1.31. The molecule has 0 spiro atoms. The van der Waals surface area contributed by atoms with Crippen LogP contribution in [0.1, 0.15) is 0 Å². The van der Waals surface area contributed by atoms with E-state index in [1.807, 2.05) is 30.3 Å². The summed E-state index contributed by atoms with van der Waals surface area (Å²) in [5.41, 5.74) is 0.879. The van der Waals surface area contributed by atoms with Gasteiger partial charge in [-0.1, -0.05) is 18.2 Å². The van der Waals surface area contributed by atoms with Gasteiger partial charge in [-0.25, -0.2) is 4.79 Å². The maximum absolute atomic E-state index is 12.2. The first-order chi connectivity index (χ1) is 8.18. The minimum atomic E-state index is -0.748. The number of carbonyl (C=O) groups excluding carboxylic acids is 1. The Labute approximate surface area is 104 Å². The summed E-state index contributed by atoms with van der Waals surface area (Å²) in [4.78, 5) is 15.5. The number of anilines is 1. The van der Waals surface area contributed by atoms with Crippen molar-refractivity contribution in [1.29, 1.82) is 0 Å². The van der Waals surface area contributed by atoms with Gasteiger partial charge in [-0.05, 0) is 12.1 Å². The molecule has 4 nitrogen and oxygen atoms in total. The van der Waals surface area contributed by atoms with E-state index in [-0.39, 0.29) is 6.03 Å². The van der Waals surface area contributed by atoms with E-state index in [1.165, 1.54) is 0 Å². The number of hydrogen-bond donors (Lipinski definition) is 0. The summed E-state index contributed by atoms with van der Waals surface area (Å²) in [6.45, 7) is 1.17. The van der Waals surface area contributed by atoms with E-state index >= 15 is 0 Å². The lowest BCUT2D eigenvalue weighted by Gasteiger charge is -2.30. The highest BCUT2D eigenvalue weighted by Crippen LogP contribution is 2.14. The van der Waals surface area contributed by atoms with E-state index < -0.39 is 10.8 Å². The molecule has 1 fully saturated rings. The van der Waals surface area contributed by atoms with Crippen LogP contribution in [0, 0.1) is 0 Å². The van der Waals surface area contributed by atoms with Crippen molar-refractivity contribution in [2.24, 2.45) is 0 Å². The predicted molar refractivity (Wildman–Crippen MR) is 69.7 cm³/mol. The summed E-state index contributed by atoms with van der Waals surface area (Å²) >= 11 is 0. The van der Waals surface area contributed by atoms with E-state index in [2.05, 4.69) is 0 Å². The van der Waals surface area contributed by atoms with Crippen LogP contribution in [-0.2, 0) is 10.8 Å². The standard InChI is InChI=1S/C12H16N2O2S/c1-13(11-5-3-2-4-6-11)12(15)14-7-9-17(16)10-8-14/h2-6H,7-10H2,1H3. The lowest BCUT2D eigenvalue weighted by Crippen LogP contribution is -2.47. The second-order valence-corrected chi connectivity index (χ2v) is 5.71. The van der Waals surface area contributed by atoms with Crippen LogP contribution in [-0.4, -0.2) is 46.8 Å². The Morgan fingerprint density at radius 3 is 2.41 bits per heavy atom. The Morgan fingerprint density at radius 2 is 1.82 bits per heavy atom. The summed E-state index contributed by atoms with van der Waals surface area (Å²) in [5.74, 6) is 1.18. The monoisotopic (exact) mass is 252 g/mol. The first kappa shape index (κ1) is 12.1. The minimum Gasteiger partial charge on any atom is -0.323 e. The molecule has 0 atom stereocenters. The van der Waals surface area contributed by atoms with Crippen molar-refractivity contribution in [2.75, 3.05) is 36.5 Å². The van der Waals surface area contributed by atoms with E-state index in [9.17, 15) is 9.00 Å². The number of amides is 2. The first-order valence-electron chi connectivity index (χ1n) is 5.61. The van der Waals surface area contributed by atoms with Gasteiger partial charge < -0.3 is 4.90 Å².